The largest absolute Gasteiger partial charge is 0.464 e. The fourth-order valence-corrected chi connectivity index (χ4v) is 5.24. The molecule has 35 heavy (non-hydrogen) atoms. The number of dihydropyridines is 1. The first kappa shape index (κ1) is 21.7. The van der Waals surface area contributed by atoms with E-state index in [0.29, 0.717) is 23.4 Å². The van der Waals surface area contributed by atoms with Crippen LogP contribution in [0.4, 0.5) is 14.5 Å². The number of carbonyl (C=O) groups excluding carboxylic acids is 1. The Hall–Kier alpha value is -3.84. The maximum Gasteiger partial charge on any atom is 0.398 e. The molecule has 7 rings (SSSR count). The van der Waals surface area contributed by atoms with Crippen molar-refractivity contribution in [3.8, 4) is 0 Å². The number of hydrogen-bond acceptors (Lipinski definition) is 5. The summed E-state index contributed by atoms with van der Waals surface area (Å²) in [4.78, 5) is 19.6. The predicted molar refractivity (Wildman–Crippen MR) is 128 cm³/mol. The molecule has 2 bridgehead atoms. The maximum atomic E-state index is 16.1. The molecule has 3 aromatic rings. The topological polar surface area (TPSA) is 51.1 Å². The number of ether oxygens (including phenoxy) is 2. The van der Waals surface area contributed by atoms with Crippen molar-refractivity contribution in [2.24, 2.45) is 4.99 Å². The second-order valence-electron chi connectivity index (χ2n) is 8.72. The summed E-state index contributed by atoms with van der Waals surface area (Å²) in [6, 6.07) is 25.6. The molecular weight excluding hydrogens is 450 g/mol. The molecule has 0 radical (unpaired) electrons. The van der Waals surface area contributed by atoms with E-state index in [2.05, 4.69) is 4.99 Å². The van der Waals surface area contributed by atoms with Gasteiger partial charge in [0.2, 0.25) is 5.72 Å². The third-order valence-electron chi connectivity index (χ3n) is 6.74. The highest BCUT2D eigenvalue weighted by Crippen LogP contribution is 2.60. The fourth-order valence-electron chi connectivity index (χ4n) is 5.24. The molecule has 2 atom stereocenters. The summed E-state index contributed by atoms with van der Waals surface area (Å²) in [5.41, 5.74) is -1.26. The quantitative estimate of drug-likeness (QED) is 0.478. The number of nitrogens with zero attached hydrogens (tertiary/aromatic N) is 2. The molecule has 0 fully saturated rings. The number of esters is 1. The van der Waals surface area contributed by atoms with Crippen LogP contribution in [0.1, 0.15) is 23.6 Å². The number of halogens is 2. The summed E-state index contributed by atoms with van der Waals surface area (Å²) in [7, 11) is 0. The standard InChI is InChI=1S/C28H22F2N2O3/c1-2-34-25(33)27-22(20-13-7-4-8-14-20)17-26(35-28(27,29)30)24(31-27)21-15-9-10-16-23(21)32(26)18-19-11-5-3-6-12-19/h3-17H,2,18H2,1H3. The number of benzene rings is 3. The van der Waals surface area contributed by atoms with Gasteiger partial charge in [-0.1, -0.05) is 78.9 Å². The molecule has 4 aliphatic rings. The lowest BCUT2D eigenvalue weighted by molar-refractivity contribution is -0.302. The highest BCUT2D eigenvalue weighted by molar-refractivity contribution is 6.22. The highest BCUT2D eigenvalue weighted by atomic mass is 19.3. The molecule has 0 N–H and O–H groups in total. The Morgan fingerprint density at radius 1 is 0.971 bits per heavy atom. The van der Waals surface area contributed by atoms with Gasteiger partial charge in [0.15, 0.2) is 0 Å². The lowest BCUT2D eigenvalue weighted by Crippen LogP contribution is -2.71. The van der Waals surface area contributed by atoms with Crippen molar-refractivity contribution in [3.05, 3.63) is 108 Å². The first-order valence-electron chi connectivity index (χ1n) is 11.5. The van der Waals surface area contributed by atoms with Crippen LogP contribution in [0.2, 0.25) is 0 Å². The Morgan fingerprint density at radius 2 is 1.63 bits per heavy atom. The van der Waals surface area contributed by atoms with Crippen LogP contribution in [0.25, 0.3) is 5.57 Å². The van der Waals surface area contributed by atoms with Crippen molar-refractivity contribution in [3.63, 3.8) is 0 Å². The molecule has 1 spiro atoms. The molecular formula is C28H22F2N2O3. The van der Waals surface area contributed by atoms with Crippen molar-refractivity contribution in [1.29, 1.82) is 0 Å². The van der Waals surface area contributed by atoms with Gasteiger partial charge >= 0.3 is 12.1 Å². The van der Waals surface area contributed by atoms with E-state index < -0.39 is 23.3 Å². The van der Waals surface area contributed by atoms with Gasteiger partial charge in [0.1, 0.15) is 5.71 Å². The molecule has 4 aliphatic heterocycles. The van der Waals surface area contributed by atoms with Gasteiger partial charge in [-0.05, 0) is 30.2 Å². The zero-order chi connectivity index (χ0) is 24.3. The van der Waals surface area contributed by atoms with Crippen LogP contribution in [-0.4, -0.2) is 35.7 Å². The summed E-state index contributed by atoms with van der Waals surface area (Å²) in [5.74, 6) is -1.14. The maximum absolute atomic E-state index is 16.1. The van der Waals surface area contributed by atoms with E-state index in [4.69, 9.17) is 9.47 Å². The Balaban J connectivity index is 1.64. The van der Waals surface area contributed by atoms with Crippen molar-refractivity contribution in [2.45, 2.75) is 30.8 Å². The van der Waals surface area contributed by atoms with E-state index in [1.807, 2.05) is 54.6 Å². The first-order chi connectivity index (χ1) is 16.9. The Labute approximate surface area is 201 Å². The van der Waals surface area contributed by atoms with E-state index >= 15 is 8.78 Å². The average Bonchev–Trinajstić information content (AvgIpc) is 3.12. The predicted octanol–water partition coefficient (Wildman–Crippen LogP) is 5.21. The van der Waals surface area contributed by atoms with Gasteiger partial charge in [-0.15, -0.1) is 0 Å². The van der Waals surface area contributed by atoms with Gasteiger partial charge in [-0.25, -0.2) is 4.79 Å². The molecule has 3 aromatic carbocycles. The number of para-hydroxylation sites is 1. The van der Waals surface area contributed by atoms with Crippen molar-refractivity contribution in [1.82, 2.24) is 0 Å². The second kappa shape index (κ2) is 7.58. The number of alkyl halides is 2. The Bertz CT molecular complexity index is 1370. The Kier molecular flexibility index (Phi) is 4.70. The number of rotatable bonds is 5. The van der Waals surface area contributed by atoms with Gasteiger partial charge in [0.25, 0.3) is 5.54 Å². The first-order valence-corrected chi connectivity index (χ1v) is 11.5. The van der Waals surface area contributed by atoms with E-state index in [-0.39, 0.29) is 17.9 Å². The van der Waals surface area contributed by atoms with E-state index in [1.54, 1.807) is 48.2 Å². The lowest BCUT2D eigenvalue weighted by atomic mass is 9.75. The molecule has 4 heterocycles. The molecule has 0 aliphatic carbocycles. The lowest BCUT2D eigenvalue weighted by Gasteiger charge is -2.52. The van der Waals surface area contributed by atoms with Crippen LogP contribution in [0, 0.1) is 0 Å². The minimum absolute atomic E-state index is 0.0640. The third kappa shape index (κ3) is 2.88. The Morgan fingerprint density at radius 3 is 2.34 bits per heavy atom. The molecule has 0 saturated carbocycles. The summed E-state index contributed by atoms with van der Waals surface area (Å²) in [6.07, 6.45) is -2.33. The molecule has 0 saturated heterocycles. The van der Waals surface area contributed by atoms with Gasteiger partial charge < -0.3 is 9.64 Å². The molecule has 0 aromatic heterocycles. The van der Waals surface area contributed by atoms with Crippen LogP contribution in [0.3, 0.4) is 0 Å². The summed E-state index contributed by atoms with van der Waals surface area (Å²) >= 11 is 0. The van der Waals surface area contributed by atoms with Crippen molar-refractivity contribution in [2.75, 3.05) is 11.5 Å². The average molecular weight is 472 g/mol. The second-order valence-corrected chi connectivity index (χ2v) is 8.72. The van der Waals surface area contributed by atoms with E-state index in [1.165, 1.54) is 0 Å². The van der Waals surface area contributed by atoms with Crippen molar-refractivity contribution >= 4 is 22.9 Å². The minimum atomic E-state index is -3.96. The monoisotopic (exact) mass is 472 g/mol. The van der Waals surface area contributed by atoms with Crippen LogP contribution in [0.15, 0.2) is 96.0 Å². The van der Waals surface area contributed by atoms with Crippen LogP contribution in [-0.2, 0) is 20.8 Å². The zero-order valence-corrected chi connectivity index (χ0v) is 18.9. The number of hydrogen-bond donors (Lipinski definition) is 0. The van der Waals surface area contributed by atoms with Gasteiger partial charge in [-0.3, -0.25) is 9.73 Å². The number of fused-ring (bicyclic) bond motifs is 2. The smallest absolute Gasteiger partial charge is 0.398 e. The highest BCUT2D eigenvalue weighted by Gasteiger charge is 2.76. The molecule has 2 unspecified atom stereocenters. The third-order valence-corrected chi connectivity index (χ3v) is 6.74. The van der Waals surface area contributed by atoms with Crippen molar-refractivity contribution < 1.29 is 23.0 Å². The van der Waals surface area contributed by atoms with Gasteiger partial charge in [-0.2, -0.15) is 8.78 Å². The molecule has 7 heteroatoms. The summed E-state index contributed by atoms with van der Waals surface area (Å²) < 4.78 is 43.1. The van der Waals surface area contributed by atoms with Crippen LogP contribution >= 0.6 is 0 Å². The zero-order valence-electron chi connectivity index (χ0n) is 18.9. The normalized spacial score (nSPS) is 25.4. The summed E-state index contributed by atoms with van der Waals surface area (Å²) in [5, 5.41) is 0. The van der Waals surface area contributed by atoms with Gasteiger partial charge in [0.05, 0.1) is 6.61 Å². The minimum Gasteiger partial charge on any atom is -0.464 e. The summed E-state index contributed by atoms with van der Waals surface area (Å²) in [6.45, 7) is 1.82. The molecule has 0 amide bonds. The van der Waals surface area contributed by atoms with Crippen LogP contribution < -0.4 is 4.90 Å². The van der Waals surface area contributed by atoms with E-state index in [0.717, 1.165) is 5.56 Å². The number of anilines is 1. The fraction of sp³-hybridized carbons (Fsp3) is 0.214. The molecule has 176 valence electrons. The van der Waals surface area contributed by atoms with Crippen LogP contribution in [0.5, 0.6) is 0 Å². The number of carbonyl (C=O) groups is 1. The SMILES string of the molecule is CCOC(=O)C12N=C3c4ccccc4N(Cc4ccccc4)C3(C=C1c1ccccc1)OC2(F)F. The number of aliphatic imine (C=N–C) groups is 1. The van der Waals surface area contributed by atoms with E-state index in [9.17, 15) is 4.79 Å². The van der Waals surface area contributed by atoms with Gasteiger partial charge in [0, 0.05) is 23.4 Å². The molecule has 5 nitrogen and oxygen atoms in total.